The lowest BCUT2D eigenvalue weighted by atomic mass is 10.0. The number of allylic oxidation sites excluding steroid dienone is 1. The minimum absolute atomic E-state index is 0.0689. The van der Waals surface area contributed by atoms with Gasteiger partial charge in [0.05, 0.1) is 36.1 Å². The average Bonchev–Trinajstić information content (AvgIpc) is 3.88. The number of hydrogen-bond donors (Lipinski definition) is 3. The predicted molar refractivity (Wildman–Crippen MR) is 230 cm³/mol. The highest BCUT2D eigenvalue weighted by Crippen LogP contribution is 2.34. The molecule has 0 bridgehead atoms. The van der Waals surface area contributed by atoms with Crippen molar-refractivity contribution < 1.29 is 29.0 Å². The molecule has 2 unspecified atom stereocenters. The van der Waals surface area contributed by atoms with Gasteiger partial charge >= 0.3 is 0 Å². The second-order valence-corrected chi connectivity index (χ2v) is 16.1. The van der Waals surface area contributed by atoms with E-state index in [0.717, 1.165) is 86.7 Å². The van der Waals surface area contributed by atoms with Crippen LogP contribution < -0.4 is 25.8 Å². The highest BCUT2D eigenvalue weighted by atomic mass is 16.5. The lowest BCUT2D eigenvalue weighted by Gasteiger charge is -2.36. The van der Waals surface area contributed by atoms with E-state index in [2.05, 4.69) is 44.1 Å². The van der Waals surface area contributed by atoms with Crippen LogP contribution in [0.25, 0.3) is 16.9 Å². The Morgan fingerprint density at radius 3 is 2.48 bits per heavy atom. The standard InChI is InChI=1S/C45H48N10O7/c1-2-20-53-42(59)32-27-46-45(50-40(32)55(53)36-18-11-28-10-17-34(56)39(28)48-36)47-29-12-14-30(15-13-29)52-24-22-51(23-25-52)21-5-3-4-6-26-62-35-9-7-8-31-38(35)44(61)54(43(31)60)33-16-19-37(57)49-41(33)58/h2,7-9,11-15,18,27,33-34,56H,1,3-6,10,16-17,19-26H2,(H,46,47,50)(H,49,57,58). The largest absolute Gasteiger partial charge is 0.493 e. The van der Waals surface area contributed by atoms with Crippen LogP contribution in [0.15, 0.2) is 78.2 Å². The molecule has 17 nitrogen and oxygen atoms in total. The maximum Gasteiger partial charge on any atom is 0.278 e. The van der Waals surface area contributed by atoms with E-state index in [1.807, 2.05) is 24.3 Å². The summed E-state index contributed by atoms with van der Waals surface area (Å²) >= 11 is 0. The number of aliphatic hydroxyl groups excluding tert-OH is 1. The van der Waals surface area contributed by atoms with E-state index in [9.17, 15) is 29.1 Å². The second kappa shape index (κ2) is 17.3. The molecule has 2 atom stereocenters. The lowest BCUT2D eigenvalue weighted by molar-refractivity contribution is -0.136. The Kier molecular flexibility index (Phi) is 11.4. The number of anilines is 3. The first-order valence-electron chi connectivity index (χ1n) is 21.3. The first-order valence-corrected chi connectivity index (χ1v) is 21.3. The summed E-state index contributed by atoms with van der Waals surface area (Å²) in [5.41, 5.74) is 4.12. The van der Waals surface area contributed by atoms with Crippen molar-refractivity contribution >= 4 is 52.0 Å². The SMILES string of the molecule is C=CCn1c(=O)c2cnc(Nc3ccc(N4CCN(CCCCCCOc5cccc6c5C(=O)N(C5CCC(=O)NC5=O)C6=O)CC4)cc3)nc2n1-c1ccc2c(n1)C(O)CC2. The summed E-state index contributed by atoms with van der Waals surface area (Å²) in [6, 6.07) is 15.9. The van der Waals surface area contributed by atoms with E-state index >= 15 is 0 Å². The Morgan fingerprint density at radius 1 is 0.887 bits per heavy atom. The molecule has 4 amide bonds. The van der Waals surface area contributed by atoms with E-state index in [0.29, 0.717) is 47.3 Å². The number of nitrogens with one attached hydrogen (secondary N) is 2. The zero-order chi connectivity index (χ0) is 42.9. The second-order valence-electron chi connectivity index (χ2n) is 16.1. The molecule has 2 saturated heterocycles. The number of aromatic nitrogens is 5. The van der Waals surface area contributed by atoms with Crippen LogP contribution in [-0.4, -0.2) is 108 Å². The number of imide groups is 2. The average molecular weight is 841 g/mol. The Labute approximate surface area is 357 Å². The van der Waals surface area contributed by atoms with Gasteiger partial charge in [-0.05, 0) is 86.7 Å². The van der Waals surface area contributed by atoms with Gasteiger partial charge in [-0.25, -0.2) is 19.3 Å². The van der Waals surface area contributed by atoms with Crippen LogP contribution in [0.5, 0.6) is 5.75 Å². The van der Waals surface area contributed by atoms with Crippen LogP contribution in [0.2, 0.25) is 0 Å². The van der Waals surface area contributed by atoms with Crippen molar-refractivity contribution in [3.63, 3.8) is 0 Å². The van der Waals surface area contributed by atoms with Gasteiger partial charge in [-0.3, -0.25) is 39.1 Å². The maximum atomic E-state index is 13.4. The van der Waals surface area contributed by atoms with Crippen molar-refractivity contribution in [1.29, 1.82) is 0 Å². The lowest BCUT2D eigenvalue weighted by Crippen LogP contribution is -2.54. The quantitative estimate of drug-likeness (QED) is 0.0777. The first-order chi connectivity index (χ1) is 30.2. The number of piperazine rings is 1. The van der Waals surface area contributed by atoms with Crippen LogP contribution in [-0.2, 0) is 22.6 Å². The number of hydrogen-bond acceptors (Lipinski definition) is 13. The van der Waals surface area contributed by atoms with Gasteiger partial charge in [-0.2, -0.15) is 4.98 Å². The number of fused-ring (bicyclic) bond motifs is 3. The van der Waals surface area contributed by atoms with Gasteiger partial charge in [-0.1, -0.05) is 31.1 Å². The molecule has 3 aromatic heterocycles. The van der Waals surface area contributed by atoms with Crippen molar-refractivity contribution in [2.24, 2.45) is 0 Å². The number of piperidine rings is 1. The molecule has 17 heteroatoms. The van der Waals surface area contributed by atoms with E-state index in [-0.39, 0.29) is 36.1 Å². The summed E-state index contributed by atoms with van der Waals surface area (Å²) < 4.78 is 9.19. The van der Waals surface area contributed by atoms with Crippen molar-refractivity contribution in [2.45, 2.75) is 70.1 Å². The molecule has 6 heterocycles. The smallest absolute Gasteiger partial charge is 0.278 e. The van der Waals surface area contributed by atoms with Crippen molar-refractivity contribution in [2.75, 3.05) is 49.5 Å². The molecule has 0 radical (unpaired) electrons. The summed E-state index contributed by atoms with van der Waals surface area (Å²) in [6.07, 6.45) is 7.96. The van der Waals surface area contributed by atoms with E-state index in [1.165, 1.54) is 10.9 Å². The van der Waals surface area contributed by atoms with Crippen LogP contribution in [0.3, 0.4) is 0 Å². The monoisotopic (exact) mass is 840 g/mol. The van der Waals surface area contributed by atoms with Gasteiger partial charge in [0.25, 0.3) is 17.4 Å². The highest BCUT2D eigenvalue weighted by molar-refractivity contribution is 6.24. The number of aliphatic hydroxyl groups is 1. The molecule has 9 rings (SSSR count). The van der Waals surface area contributed by atoms with Crippen molar-refractivity contribution in [1.82, 2.24) is 39.4 Å². The zero-order valence-electron chi connectivity index (χ0n) is 34.3. The van der Waals surface area contributed by atoms with Gasteiger partial charge in [-0.15, -0.1) is 6.58 Å². The Morgan fingerprint density at radius 2 is 1.69 bits per heavy atom. The number of aryl methyl sites for hydroxylation is 1. The number of ether oxygens (including phenoxy) is 1. The van der Waals surface area contributed by atoms with Crippen LogP contribution in [0, 0.1) is 0 Å². The summed E-state index contributed by atoms with van der Waals surface area (Å²) in [6.45, 7) is 9.24. The number of carbonyl (C=O) groups excluding carboxylic acids is 4. The number of pyridine rings is 1. The molecule has 5 aromatic rings. The van der Waals surface area contributed by atoms with Gasteiger partial charge in [0.1, 0.15) is 17.2 Å². The minimum atomic E-state index is -1.01. The Bertz CT molecular complexity index is 2630. The molecule has 3 N–H and O–H groups in total. The summed E-state index contributed by atoms with van der Waals surface area (Å²) in [4.78, 5) is 83.6. The van der Waals surface area contributed by atoms with Crippen LogP contribution in [0.1, 0.15) is 83.0 Å². The van der Waals surface area contributed by atoms with Gasteiger partial charge < -0.3 is 20.1 Å². The molecule has 2 fully saturated rings. The van der Waals surface area contributed by atoms with Crippen molar-refractivity contribution in [3.05, 3.63) is 106 Å². The third kappa shape index (κ3) is 7.84. The molecule has 62 heavy (non-hydrogen) atoms. The topological polar surface area (TPSA) is 197 Å². The predicted octanol–water partition coefficient (Wildman–Crippen LogP) is 4.05. The molecule has 2 aromatic carbocycles. The molecule has 1 aliphatic carbocycles. The van der Waals surface area contributed by atoms with E-state index in [1.54, 1.807) is 29.0 Å². The molecule has 0 spiro atoms. The van der Waals surface area contributed by atoms with Crippen LogP contribution >= 0.6 is 0 Å². The fraction of sp³-hybridized carbons (Fsp3) is 0.378. The normalized spacial score (nSPS) is 18.9. The molecule has 3 aliphatic heterocycles. The molecule has 0 saturated carbocycles. The zero-order valence-corrected chi connectivity index (χ0v) is 34.3. The Hall–Kier alpha value is -6.72. The van der Waals surface area contributed by atoms with Crippen LogP contribution in [0.4, 0.5) is 17.3 Å². The highest BCUT2D eigenvalue weighted by Gasteiger charge is 2.46. The summed E-state index contributed by atoms with van der Waals surface area (Å²) in [5.74, 6) is -0.993. The molecule has 4 aliphatic rings. The number of benzene rings is 2. The number of unbranched alkanes of at least 4 members (excludes halogenated alkanes) is 3. The van der Waals surface area contributed by atoms with Gasteiger partial charge in [0.15, 0.2) is 11.5 Å². The molecule has 320 valence electrons. The number of rotatable bonds is 15. The van der Waals surface area contributed by atoms with Gasteiger partial charge in [0, 0.05) is 50.2 Å². The summed E-state index contributed by atoms with van der Waals surface area (Å²) in [7, 11) is 0. The third-order valence-electron chi connectivity index (χ3n) is 12.1. The third-order valence-corrected chi connectivity index (χ3v) is 12.1. The van der Waals surface area contributed by atoms with Crippen molar-refractivity contribution in [3.8, 4) is 11.6 Å². The number of amides is 4. The Balaban J connectivity index is 0.729. The maximum absolute atomic E-state index is 13.4. The summed E-state index contributed by atoms with van der Waals surface area (Å²) in [5, 5.41) is 16.4. The number of carbonyl (C=O) groups is 4. The minimum Gasteiger partial charge on any atom is -0.493 e. The first kappa shape index (κ1) is 40.7. The molecular weight excluding hydrogens is 793 g/mol. The number of nitrogens with zero attached hydrogens (tertiary/aromatic N) is 8. The fourth-order valence-corrected chi connectivity index (χ4v) is 8.84. The van der Waals surface area contributed by atoms with E-state index in [4.69, 9.17) is 14.7 Å². The van der Waals surface area contributed by atoms with Gasteiger partial charge in [0.2, 0.25) is 17.8 Å². The van der Waals surface area contributed by atoms with E-state index < -0.39 is 35.8 Å². The fourth-order valence-electron chi connectivity index (χ4n) is 8.84. The molecular formula is C45H48N10O7.